The molecular formula is C28H33N3O. The van der Waals surface area contributed by atoms with Crippen molar-refractivity contribution in [1.82, 2.24) is 9.97 Å². The van der Waals surface area contributed by atoms with Crippen LogP contribution in [-0.4, -0.2) is 15.9 Å². The molecule has 1 aliphatic rings. The Balaban J connectivity index is 1.42. The summed E-state index contributed by atoms with van der Waals surface area (Å²) in [6, 6.07) is 20.4. The number of nitrogens with zero attached hydrogens (tertiary/aromatic N) is 2. The Kier molecular flexibility index (Phi) is 8.02. The van der Waals surface area contributed by atoms with Crippen molar-refractivity contribution in [2.24, 2.45) is 5.92 Å². The predicted molar refractivity (Wildman–Crippen MR) is 130 cm³/mol. The summed E-state index contributed by atoms with van der Waals surface area (Å²) < 4.78 is 0. The zero-order valence-corrected chi connectivity index (χ0v) is 18.8. The molecule has 1 aliphatic carbocycles. The minimum absolute atomic E-state index is 0.0154. The van der Waals surface area contributed by atoms with Gasteiger partial charge in [0.15, 0.2) is 5.82 Å². The number of carbonyl (C=O) groups is 1. The van der Waals surface area contributed by atoms with E-state index in [2.05, 4.69) is 34.6 Å². The topological polar surface area (TPSA) is 54.9 Å². The van der Waals surface area contributed by atoms with Crippen LogP contribution in [0.3, 0.4) is 0 Å². The summed E-state index contributed by atoms with van der Waals surface area (Å²) in [6.07, 6.45) is 12.6. The second-order valence-electron chi connectivity index (χ2n) is 8.85. The molecule has 1 saturated carbocycles. The lowest BCUT2D eigenvalue weighted by atomic mass is 9.86. The summed E-state index contributed by atoms with van der Waals surface area (Å²) in [5.74, 6) is 1.41. The van der Waals surface area contributed by atoms with E-state index in [1.165, 1.54) is 37.7 Å². The van der Waals surface area contributed by atoms with Gasteiger partial charge in [0.1, 0.15) is 0 Å². The Hall–Kier alpha value is -3.01. The standard InChI is InChI=1S/C28H33N3O/c32-27(18-10-15-22-11-4-1-5-12-22)31-28-25(20-19-23-13-6-2-7-14-23)30-26(21-29-28)24-16-8-3-9-17-24/h1,3-5,8-9,11-12,16-17,21,23H,2,6-7,10,13-15,18-20H2,(H,29,31,32). The Morgan fingerprint density at radius 3 is 2.38 bits per heavy atom. The highest BCUT2D eigenvalue weighted by Gasteiger charge is 2.17. The zero-order chi connectivity index (χ0) is 22.0. The Morgan fingerprint density at radius 2 is 1.62 bits per heavy atom. The van der Waals surface area contributed by atoms with Gasteiger partial charge in [-0.05, 0) is 37.2 Å². The number of hydrogen-bond donors (Lipinski definition) is 1. The van der Waals surface area contributed by atoms with Gasteiger partial charge in [0, 0.05) is 12.0 Å². The van der Waals surface area contributed by atoms with Crippen LogP contribution in [-0.2, 0) is 17.6 Å². The number of anilines is 1. The molecule has 0 saturated heterocycles. The van der Waals surface area contributed by atoms with E-state index in [1.54, 1.807) is 6.20 Å². The average Bonchev–Trinajstić information content (AvgIpc) is 2.85. The van der Waals surface area contributed by atoms with E-state index in [-0.39, 0.29) is 5.91 Å². The van der Waals surface area contributed by atoms with E-state index in [0.717, 1.165) is 48.6 Å². The van der Waals surface area contributed by atoms with Gasteiger partial charge in [-0.3, -0.25) is 4.79 Å². The second-order valence-corrected chi connectivity index (χ2v) is 8.85. The van der Waals surface area contributed by atoms with Crippen molar-refractivity contribution >= 4 is 11.7 Å². The van der Waals surface area contributed by atoms with E-state index >= 15 is 0 Å². The predicted octanol–water partition coefficient (Wildman–Crippen LogP) is 6.62. The normalized spacial score (nSPS) is 14.2. The summed E-state index contributed by atoms with van der Waals surface area (Å²) in [6.45, 7) is 0. The highest BCUT2D eigenvalue weighted by Crippen LogP contribution is 2.29. The van der Waals surface area contributed by atoms with Crippen LogP contribution in [0.4, 0.5) is 5.82 Å². The molecule has 0 atom stereocenters. The van der Waals surface area contributed by atoms with Crippen LogP contribution in [0.2, 0.25) is 0 Å². The minimum Gasteiger partial charge on any atom is -0.309 e. The fraction of sp³-hybridized carbons (Fsp3) is 0.393. The first-order chi connectivity index (χ1) is 15.8. The maximum atomic E-state index is 12.6. The van der Waals surface area contributed by atoms with Gasteiger partial charge in [-0.15, -0.1) is 0 Å². The van der Waals surface area contributed by atoms with Gasteiger partial charge in [0.2, 0.25) is 5.91 Å². The van der Waals surface area contributed by atoms with Crippen molar-refractivity contribution < 1.29 is 4.79 Å². The lowest BCUT2D eigenvalue weighted by Crippen LogP contribution is -2.16. The average molecular weight is 428 g/mol. The summed E-state index contributed by atoms with van der Waals surface area (Å²) >= 11 is 0. The second kappa shape index (κ2) is 11.6. The highest BCUT2D eigenvalue weighted by molar-refractivity contribution is 5.90. The van der Waals surface area contributed by atoms with E-state index < -0.39 is 0 Å². The molecule has 166 valence electrons. The molecule has 2 aromatic carbocycles. The molecule has 1 N–H and O–H groups in total. The maximum Gasteiger partial charge on any atom is 0.225 e. The molecule has 1 amide bonds. The van der Waals surface area contributed by atoms with Crippen LogP contribution in [0.1, 0.15) is 62.6 Å². The van der Waals surface area contributed by atoms with Crippen LogP contribution >= 0.6 is 0 Å². The highest BCUT2D eigenvalue weighted by atomic mass is 16.1. The lowest BCUT2D eigenvalue weighted by Gasteiger charge is -2.21. The number of benzene rings is 2. The number of amides is 1. The molecule has 1 fully saturated rings. The summed E-state index contributed by atoms with van der Waals surface area (Å²) in [4.78, 5) is 22.2. The third-order valence-electron chi connectivity index (χ3n) is 6.40. The van der Waals surface area contributed by atoms with Crippen molar-refractivity contribution in [2.75, 3.05) is 5.32 Å². The first kappa shape index (κ1) is 22.2. The molecule has 3 aromatic rings. The molecule has 1 heterocycles. The number of hydrogen-bond acceptors (Lipinski definition) is 3. The molecule has 1 aromatic heterocycles. The summed E-state index contributed by atoms with van der Waals surface area (Å²) in [5.41, 5.74) is 4.10. The quantitative estimate of drug-likeness (QED) is 0.417. The molecule has 0 aliphatic heterocycles. The van der Waals surface area contributed by atoms with Gasteiger partial charge in [0.05, 0.1) is 17.6 Å². The molecule has 4 nitrogen and oxygen atoms in total. The van der Waals surface area contributed by atoms with Gasteiger partial charge in [0.25, 0.3) is 0 Å². The first-order valence-electron chi connectivity index (χ1n) is 12.0. The number of nitrogens with one attached hydrogen (secondary N) is 1. The third-order valence-corrected chi connectivity index (χ3v) is 6.40. The number of aryl methyl sites for hydroxylation is 2. The Labute approximate surface area is 191 Å². The number of rotatable bonds is 9. The van der Waals surface area contributed by atoms with E-state index in [0.29, 0.717) is 12.2 Å². The van der Waals surface area contributed by atoms with E-state index in [4.69, 9.17) is 4.98 Å². The van der Waals surface area contributed by atoms with Gasteiger partial charge < -0.3 is 5.32 Å². The van der Waals surface area contributed by atoms with Crippen molar-refractivity contribution in [3.8, 4) is 11.3 Å². The van der Waals surface area contributed by atoms with Gasteiger partial charge in [-0.25, -0.2) is 9.97 Å². The van der Waals surface area contributed by atoms with Crippen LogP contribution in [0.25, 0.3) is 11.3 Å². The fourth-order valence-electron chi connectivity index (χ4n) is 4.56. The Morgan fingerprint density at radius 1 is 0.906 bits per heavy atom. The monoisotopic (exact) mass is 427 g/mol. The van der Waals surface area contributed by atoms with Crippen LogP contribution < -0.4 is 5.32 Å². The molecule has 32 heavy (non-hydrogen) atoms. The summed E-state index contributed by atoms with van der Waals surface area (Å²) in [7, 11) is 0. The Bertz CT molecular complexity index is 982. The fourth-order valence-corrected chi connectivity index (χ4v) is 4.56. The smallest absolute Gasteiger partial charge is 0.225 e. The van der Waals surface area contributed by atoms with Crippen molar-refractivity contribution in [1.29, 1.82) is 0 Å². The molecular weight excluding hydrogens is 394 g/mol. The van der Waals surface area contributed by atoms with Crippen LogP contribution in [0.5, 0.6) is 0 Å². The third kappa shape index (κ3) is 6.49. The first-order valence-corrected chi connectivity index (χ1v) is 12.0. The van der Waals surface area contributed by atoms with Crippen molar-refractivity contribution in [3.05, 3.63) is 78.1 Å². The van der Waals surface area contributed by atoms with Crippen LogP contribution in [0.15, 0.2) is 66.9 Å². The molecule has 0 bridgehead atoms. The number of aromatic nitrogens is 2. The van der Waals surface area contributed by atoms with Crippen LogP contribution in [0, 0.1) is 5.92 Å². The molecule has 4 rings (SSSR count). The summed E-state index contributed by atoms with van der Waals surface area (Å²) in [5, 5.41) is 3.05. The van der Waals surface area contributed by atoms with E-state index in [1.807, 2.05) is 36.4 Å². The maximum absolute atomic E-state index is 12.6. The SMILES string of the molecule is O=C(CCCc1ccccc1)Nc1ncc(-c2ccccc2)nc1CCC1CCCCC1. The van der Waals surface area contributed by atoms with Crippen molar-refractivity contribution in [3.63, 3.8) is 0 Å². The van der Waals surface area contributed by atoms with Gasteiger partial charge >= 0.3 is 0 Å². The van der Waals surface area contributed by atoms with Gasteiger partial charge in [-0.2, -0.15) is 0 Å². The largest absolute Gasteiger partial charge is 0.309 e. The van der Waals surface area contributed by atoms with Gasteiger partial charge in [-0.1, -0.05) is 92.8 Å². The zero-order valence-electron chi connectivity index (χ0n) is 18.8. The minimum atomic E-state index is 0.0154. The number of carbonyl (C=O) groups excluding carboxylic acids is 1. The van der Waals surface area contributed by atoms with E-state index in [9.17, 15) is 4.79 Å². The van der Waals surface area contributed by atoms with Crippen molar-refractivity contribution in [2.45, 2.75) is 64.2 Å². The molecule has 4 heteroatoms. The molecule has 0 unspecified atom stereocenters. The molecule has 0 radical (unpaired) electrons. The lowest BCUT2D eigenvalue weighted by molar-refractivity contribution is -0.116. The molecule has 0 spiro atoms.